The highest BCUT2D eigenvalue weighted by atomic mass is 16.5. The minimum atomic E-state index is 0.223. The average molecular weight is 380 g/mol. The number of nitrogen functional groups attached to an aromatic ring is 1. The van der Waals surface area contributed by atoms with Gasteiger partial charge in [0.05, 0.1) is 24.3 Å². The van der Waals surface area contributed by atoms with Gasteiger partial charge in [0.2, 0.25) is 5.95 Å². The maximum Gasteiger partial charge on any atom is 0.219 e. The Morgan fingerprint density at radius 1 is 1.07 bits per heavy atom. The van der Waals surface area contributed by atoms with Crippen LogP contribution >= 0.6 is 0 Å². The molecule has 0 aromatic carbocycles. The molecule has 0 saturated carbocycles. The van der Waals surface area contributed by atoms with E-state index in [1.807, 2.05) is 19.2 Å². The summed E-state index contributed by atoms with van der Waals surface area (Å²) in [5.41, 5.74) is 7.89. The number of fused-ring (bicyclic) bond motifs is 1. The van der Waals surface area contributed by atoms with Crippen LogP contribution in [0.1, 0.15) is 13.8 Å². The van der Waals surface area contributed by atoms with E-state index in [0.29, 0.717) is 30.6 Å². The molecule has 0 bridgehead atoms. The van der Waals surface area contributed by atoms with Crippen molar-refractivity contribution in [3.8, 4) is 11.4 Å². The van der Waals surface area contributed by atoms with Crippen LogP contribution in [0.15, 0.2) is 24.5 Å². The zero-order valence-corrected chi connectivity index (χ0v) is 16.3. The van der Waals surface area contributed by atoms with Gasteiger partial charge in [-0.15, -0.1) is 0 Å². The Bertz CT molecular complexity index is 970. The number of aromatic nitrogens is 5. The molecule has 0 aliphatic carbocycles. The number of morpholine rings is 1. The molecule has 0 spiro atoms. The Morgan fingerprint density at radius 3 is 2.46 bits per heavy atom. The first-order valence-electron chi connectivity index (χ1n) is 9.35. The number of nitrogens with two attached hydrogens (primary N) is 1. The van der Waals surface area contributed by atoms with Gasteiger partial charge in [-0.25, -0.2) is 24.9 Å². The van der Waals surface area contributed by atoms with E-state index in [2.05, 4.69) is 33.6 Å². The van der Waals surface area contributed by atoms with Gasteiger partial charge < -0.3 is 20.3 Å². The lowest BCUT2D eigenvalue weighted by atomic mass is 10.2. The molecule has 1 fully saturated rings. The second-order valence-corrected chi connectivity index (χ2v) is 7.04. The molecule has 146 valence electrons. The molecule has 4 heterocycles. The van der Waals surface area contributed by atoms with E-state index in [0.717, 1.165) is 35.8 Å². The average Bonchev–Trinajstić information content (AvgIpc) is 2.73. The van der Waals surface area contributed by atoms with Crippen LogP contribution in [0.25, 0.3) is 22.4 Å². The monoisotopic (exact) mass is 380 g/mol. The fourth-order valence-electron chi connectivity index (χ4n) is 3.03. The van der Waals surface area contributed by atoms with E-state index in [-0.39, 0.29) is 5.95 Å². The zero-order chi connectivity index (χ0) is 19.7. The third kappa shape index (κ3) is 3.53. The normalized spacial score (nSPS) is 14.6. The van der Waals surface area contributed by atoms with E-state index in [1.165, 1.54) is 0 Å². The van der Waals surface area contributed by atoms with E-state index in [4.69, 9.17) is 25.4 Å². The van der Waals surface area contributed by atoms with Crippen molar-refractivity contribution in [2.75, 3.05) is 48.9 Å². The summed E-state index contributed by atoms with van der Waals surface area (Å²) in [7, 11) is 2.04. The van der Waals surface area contributed by atoms with Crippen molar-refractivity contribution in [1.82, 2.24) is 24.9 Å². The summed E-state index contributed by atoms with van der Waals surface area (Å²) in [5, 5.41) is 0. The summed E-state index contributed by atoms with van der Waals surface area (Å²) in [4.78, 5) is 26.9. The molecule has 0 atom stereocenters. The zero-order valence-electron chi connectivity index (χ0n) is 16.3. The topological polar surface area (TPSA) is 106 Å². The number of ether oxygens (including phenoxy) is 1. The van der Waals surface area contributed by atoms with Crippen molar-refractivity contribution >= 4 is 28.6 Å². The predicted molar refractivity (Wildman–Crippen MR) is 109 cm³/mol. The van der Waals surface area contributed by atoms with Crippen LogP contribution in [0.5, 0.6) is 0 Å². The number of rotatable bonds is 4. The van der Waals surface area contributed by atoms with E-state index < -0.39 is 0 Å². The molecule has 0 amide bonds. The SMILES string of the molecule is CC(C)N(C)c1ccc2nc(-c3cnc(N)nc3)nc(N3CCOCC3)c2n1. The van der Waals surface area contributed by atoms with Crippen LogP contribution in [0.4, 0.5) is 17.6 Å². The Balaban J connectivity index is 1.87. The first-order chi connectivity index (χ1) is 13.5. The molecule has 9 heteroatoms. The van der Waals surface area contributed by atoms with Crippen molar-refractivity contribution < 1.29 is 4.74 Å². The first-order valence-corrected chi connectivity index (χ1v) is 9.35. The molecule has 2 N–H and O–H groups in total. The van der Waals surface area contributed by atoms with Crippen LogP contribution in [-0.4, -0.2) is 64.3 Å². The summed E-state index contributed by atoms with van der Waals surface area (Å²) < 4.78 is 5.51. The van der Waals surface area contributed by atoms with Gasteiger partial charge in [-0.1, -0.05) is 0 Å². The van der Waals surface area contributed by atoms with Crippen molar-refractivity contribution in [2.45, 2.75) is 19.9 Å². The molecule has 28 heavy (non-hydrogen) atoms. The van der Waals surface area contributed by atoms with E-state index in [9.17, 15) is 0 Å². The van der Waals surface area contributed by atoms with Gasteiger partial charge in [0.15, 0.2) is 11.6 Å². The van der Waals surface area contributed by atoms with Crippen molar-refractivity contribution in [1.29, 1.82) is 0 Å². The third-order valence-electron chi connectivity index (χ3n) is 4.89. The maximum absolute atomic E-state index is 5.61. The van der Waals surface area contributed by atoms with Crippen LogP contribution in [0.2, 0.25) is 0 Å². The van der Waals surface area contributed by atoms with Crippen molar-refractivity contribution in [2.24, 2.45) is 0 Å². The van der Waals surface area contributed by atoms with Crippen LogP contribution < -0.4 is 15.5 Å². The number of pyridine rings is 1. The Kier molecular flexibility index (Phi) is 4.91. The number of anilines is 3. The third-order valence-corrected chi connectivity index (χ3v) is 4.89. The van der Waals surface area contributed by atoms with Gasteiger partial charge in [-0.3, -0.25) is 0 Å². The smallest absolute Gasteiger partial charge is 0.219 e. The quantitative estimate of drug-likeness (QED) is 0.724. The van der Waals surface area contributed by atoms with Gasteiger partial charge >= 0.3 is 0 Å². The summed E-state index contributed by atoms with van der Waals surface area (Å²) in [6, 6.07) is 4.31. The molecule has 4 rings (SSSR count). The molecule has 1 aliphatic heterocycles. The highest BCUT2D eigenvalue weighted by molar-refractivity contribution is 5.88. The molecule has 1 aliphatic rings. The molecule has 3 aromatic heterocycles. The Labute approximate surface area is 163 Å². The van der Waals surface area contributed by atoms with Gasteiger partial charge in [-0.05, 0) is 26.0 Å². The lowest BCUT2D eigenvalue weighted by Crippen LogP contribution is -2.37. The Morgan fingerprint density at radius 2 is 1.79 bits per heavy atom. The molecular weight excluding hydrogens is 356 g/mol. The van der Waals surface area contributed by atoms with Gasteiger partial charge in [0.25, 0.3) is 0 Å². The summed E-state index contributed by atoms with van der Waals surface area (Å²) >= 11 is 0. The number of hydrogen-bond donors (Lipinski definition) is 1. The largest absolute Gasteiger partial charge is 0.378 e. The predicted octanol–water partition coefficient (Wildman–Crippen LogP) is 1.75. The first kappa shape index (κ1) is 18.3. The van der Waals surface area contributed by atoms with Gasteiger partial charge in [0.1, 0.15) is 11.3 Å². The van der Waals surface area contributed by atoms with Crippen LogP contribution in [0.3, 0.4) is 0 Å². The highest BCUT2D eigenvalue weighted by Gasteiger charge is 2.20. The summed E-state index contributed by atoms with van der Waals surface area (Å²) in [5.74, 6) is 2.48. The second kappa shape index (κ2) is 7.51. The van der Waals surface area contributed by atoms with Gasteiger partial charge in [0, 0.05) is 38.6 Å². The summed E-state index contributed by atoms with van der Waals surface area (Å²) in [6.45, 7) is 7.12. The fourth-order valence-corrected chi connectivity index (χ4v) is 3.03. The lowest BCUT2D eigenvalue weighted by Gasteiger charge is -2.29. The highest BCUT2D eigenvalue weighted by Crippen LogP contribution is 2.28. The van der Waals surface area contributed by atoms with Crippen LogP contribution in [-0.2, 0) is 4.74 Å². The standard InChI is InChI=1S/C19H24N8O/c1-12(2)26(3)15-5-4-14-16(24-15)18(27-6-8-28-9-7-27)25-17(23-14)13-10-21-19(20)22-11-13/h4-5,10-12H,6-9H2,1-3H3,(H2,20,21,22). The van der Waals surface area contributed by atoms with E-state index in [1.54, 1.807) is 12.4 Å². The molecule has 1 saturated heterocycles. The fraction of sp³-hybridized carbons (Fsp3) is 0.421. The van der Waals surface area contributed by atoms with Gasteiger partial charge in [-0.2, -0.15) is 0 Å². The number of hydrogen-bond acceptors (Lipinski definition) is 9. The van der Waals surface area contributed by atoms with Crippen molar-refractivity contribution in [3.05, 3.63) is 24.5 Å². The molecule has 9 nitrogen and oxygen atoms in total. The molecule has 0 radical (unpaired) electrons. The molecule has 0 unspecified atom stereocenters. The van der Waals surface area contributed by atoms with Crippen LogP contribution in [0, 0.1) is 0 Å². The molecular formula is C19H24N8O. The van der Waals surface area contributed by atoms with Crippen molar-refractivity contribution in [3.63, 3.8) is 0 Å². The minimum Gasteiger partial charge on any atom is -0.378 e. The van der Waals surface area contributed by atoms with E-state index >= 15 is 0 Å². The minimum absolute atomic E-state index is 0.223. The molecule has 3 aromatic rings. The maximum atomic E-state index is 5.61. The second-order valence-electron chi connectivity index (χ2n) is 7.04. The number of nitrogens with zero attached hydrogens (tertiary/aromatic N) is 7. The summed E-state index contributed by atoms with van der Waals surface area (Å²) in [6.07, 6.45) is 3.28. The Hall–Kier alpha value is -3.07. The lowest BCUT2D eigenvalue weighted by molar-refractivity contribution is 0.122.